The van der Waals surface area contributed by atoms with Gasteiger partial charge in [-0.25, -0.2) is 4.98 Å². The molecule has 1 heterocycles. The molecule has 0 spiro atoms. The van der Waals surface area contributed by atoms with Crippen molar-refractivity contribution in [2.75, 3.05) is 0 Å². The summed E-state index contributed by atoms with van der Waals surface area (Å²) in [6.45, 7) is 6.31. The van der Waals surface area contributed by atoms with Crippen LogP contribution in [0.15, 0.2) is 4.42 Å². The second-order valence-electron chi connectivity index (χ2n) is 3.42. The van der Waals surface area contributed by atoms with Gasteiger partial charge in [0.15, 0.2) is 5.89 Å². The van der Waals surface area contributed by atoms with Gasteiger partial charge in [0.2, 0.25) is 0 Å². The van der Waals surface area contributed by atoms with Crippen molar-refractivity contribution >= 4 is 0 Å². The molecule has 1 aromatic rings. The number of hydrogen-bond acceptors (Lipinski definition) is 2. The molecule has 0 bridgehead atoms. The highest BCUT2D eigenvalue weighted by atomic mass is 16.4. The average molecular weight is 181 g/mol. The quantitative estimate of drug-likeness (QED) is 0.651. The van der Waals surface area contributed by atoms with Crippen molar-refractivity contribution in [3.8, 4) is 0 Å². The molecule has 0 atom stereocenters. The molecule has 0 aliphatic rings. The zero-order valence-corrected chi connectivity index (χ0v) is 8.89. The summed E-state index contributed by atoms with van der Waals surface area (Å²) < 4.78 is 5.54. The van der Waals surface area contributed by atoms with Crippen LogP contribution in [0.2, 0.25) is 0 Å². The van der Waals surface area contributed by atoms with Gasteiger partial charge in [-0.3, -0.25) is 0 Å². The average Bonchev–Trinajstić information content (AvgIpc) is 2.47. The largest absolute Gasteiger partial charge is 0.446 e. The highest BCUT2D eigenvalue weighted by Gasteiger charge is 2.06. The number of rotatable bonds is 5. The Labute approximate surface area is 80.4 Å². The lowest BCUT2D eigenvalue weighted by Gasteiger charge is -1.92. The van der Waals surface area contributed by atoms with E-state index in [0.717, 1.165) is 30.2 Å². The first kappa shape index (κ1) is 10.3. The van der Waals surface area contributed by atoms with Crippen LogP contribution >= 0.6 is 0 Å². The lowest BCUT2D eigenvalue weighted by atomic mass is 10.2. The Morgan fingerprint density at radius 2 is 2.00 bits per heavy atom. The zero-order chi connectivity index (χ0) is 9.68. The minimum atomic E-state index is 0.919. The van der Waals surface area contributed by atoms with E-state index in [9.17, 15) is 0 Å². The van der Waals surface area contributed by atoms with Crippen molar-refractivity contribution in [2.45, 2.75) is 52.9 Å². The second kappa shape index (κ2) is 5.05. The summed E-state index contributed by atoms with van der Waals surface area (Å²) in [6.07, 6.45) is 5.68. The molecular formula is C11H19NO. The van der Waals surface area contributed by atoms with Crippen LogP contribution in [0.3, 0.4) is 0 Å². The molecule has 0 unspecified atom stereocenters. The summed E-state index contributed by atoms with van der Waals surface area (Å²) in [6, 6.07) is 0. The van der Waals surface area contributed by atoms with Crippen LogP contribution in [0.1, 0.15) is 50.5 Å². The van der Waals surface area contributed by atoms with E-state index in [-0.39, 0.29) is 0 Å². The van der Waals surface area contributed by atoms with E-state index in [1.54, 1.807) is 0 Å². The van der Waals surface area contributed by atoms with Crippen LogP contribution in [-0.2, 0) is 12.8 Å². The SMILES string of the molecule is CCCCCc1nc(CC)c(C)o1. The van der Waals surface area contributed by atoms with E-state index in [1.807, 2.05) is 6.92 Å². The molecule has 13 heavy (non-hydrogen) atoms. The molecular weight excluding hydrogens is 162 g/mol. The summed E-state index contributed by atoms with van der Waals surface area (Å²) in [5.41, 5.74) is 1.12. The molecule has 0 aromatic carbocycles. The standard InChI is InChI=1S/C11H19NO/c1-4-6-7-8-11-12-10(5-2)9(3)13-11/h4-8H2,1-3H3. The fourth-order valence-corrected chi connectivity index (χ4v) is 1.45. The maximum absolute atomic E-state index is 5.54. The normalized spacial score (nSPS) is 10.7. The zero-order valence-electron chi connectivity index (χ0n) is 8.89. The topological polar surface area (TPSA) is 26.0 Å². The van der Waals surface area contributed by atoms with Crippen LogP contribution in [-0.4, -0.2) is 4.98 Å². The van der Waals surface area contributed by atoms with Gasteiger partial charge in [0.05, 0.1) is 5.69 Å². The van der Waals surface area contributed by atoms with Crippen LogP contribution in [0, 0.1) is 6.92 Å². The summed E-state index contributed by atoms with van der Waals surface area (Å²) in [5, 5.41) is 0. The van der Waals surface area contributed by atoms with Crippen molar-refractivity contribution in [1.29, 1.82) is 0 Å². The number of unbranched alkanes of at least 4 members (excludes halogenated alkanes) is 2. The Balaban J connectivity index is 2.48. The number of aromatic nitrogens is 1. The van der Waals surface area contributed by atoms with Crippen molar-refractivity contribution in [3.63, 3.8) is 0 Å². The Hall–Kier alpha value is -0.790. The molecule has 0 N–H and O–H groups in total. The predicted molar refractivity (Wildman–Crippen MR) is 53.8 cm³/mol. The summed E-state index contributed by atoms with van der Waals surface area (Å²) in [4.78, 5) is 4.43. The second-order valence-corrected chi connectivity index (χ2v) is 3.42. The Morgan fingerprint density at radius 3 is 2.54 bits per heavy atom. The van der Waals surface area contributed by atoms with Gasteiger partial charge in [0.25, 0.3) is 0 Å². The van der Waals surface area contributed by atoms with Crippen LogP contribution in [0.25, 0.3) is 0 Å². The van der Waals surface area contributed by atoms with Crippen molar-refractivity contribution in [2.24, 2.45) is 0 Å². The first-order chi connectivity index (χ1) is 6.27. The molecule has 2 nitrogen and oxygen atoms in total. The van der Waals surface area contributed by atoms with Gasteiger partial charge in [0.1, 0.15) is 5.76 Å². The molecule has 1 aromatic heterocycles. The number of nitrogens with zero attached hydrogens (tertiary/aromatic N) is 1. The Morgan fingerprint density at radius 1 is 1.23 bits per heavy atom. The number of oxazole rings is 1. The number of aryl methyl sites for hydroxylation is 3. The molecule has 0 aliphatic heterocycles. The van der Waals surface area contributed by atoms with Crippen molar-refractivity contribution in [1.82, 2.24) is 4.98 Å². The first-order valence-corrected chi connectivity index (χ1v) is 5.23. The molecule has 0 amide bonds. The van der Waals surface area contributed by atoms with E-state index in [4.69, 9.17) is 4.42 Å². The molecule has 0 aliphatic carbocycles. The minimum absolute atomic E-state index is 0.919. The smallest absolute Gasteiger partial charge is 0.194 e. The maximum atomic E-state index is 5.54. The van der Waals surface area contributed by atoms with Crippen LogP contribution in [0.4, 0.5) is 0 Å². The van der Waals surface area contributed by atoms with E-state index in [0.29, 0.717) is 0 Å². The molecule has 2 heteroatoms. The fraction of sp³-hybridized carbons (Fsp3) is 0.727. The molecule has 1 rings (SSSR count). The van der Waals surface area contributed by atoms with Crippen molar-refractivity contribution < 1.29 is 4.42 Å². The third kappa shape index (κ3) is 2.87. The first-order valence-electron chi connectivity index (χ1n) is 5.23. The van der Waals surface area contributed by atoms with Crippen LogP contribution in [0.5, 0.6) is 0 Å². The van der Waals surface area contributed by atoms with E-state index < -0.39 is 0 Å². The third-order valence-electron chi connectivity index (χ3n) is 2.27. The highest BCUT2D eigenvalue weighted by molar-refractivity contribution is 5.07. The van der Waals surface area contributed by atoms with Gasteiger partial charge in [-0.15, -0.1) is 0 Å². The molecule has 0 radical (unpaired) electrons. The van der Waals surface area contributed by atoms with Crippen LogP contribution < -0.4 is 0 Å². The molecule has 0 saturated carbocycles. The van der Waals surface area contributed by atoms with E-state index in [1.165, 1.54) is 19.3 Å². The van der Waals surface area contributed by atoms with E-state index in [2.05, 4.69) is 18.8 Å². The minimum Gasteiger partial charge on any atom is -0.446 e. The van der Waals surface area contributed by atoms with E-state index >= 15 is 0 Å². The highest BCUT2D eigenvalue weighted by Crippen LogP contribution is 2.12. The monoisotopic (exact) mass is 181 g/mol. The summed E-state index contributed by atoms with van der Waals surface area (Å²) >= 11 is 0. The number of hydrogen-bond donors (Lipinski definition) is 0. The fourth-order valence-electron chi connectivity index (χ4n) is 1.45. The molecule has 0 saturated heterocycles. The maximum Gasteiger partial charge on any atom is 0.194 e. The summed E-state index contributed by atoms with van der Waals surface area (Å²) in [7, 11) is 0. The van der Waals surface area contributed by atoms with Gasteiger partial charge >= 0.3 is 0 Å². The lowest BCUT2D eigenvalue weighted by molar-refractivity contribution is 0.460. The van der Waals surface area contributed by atoms with Gasteiger partial charge in [-0.2, -0.15) is 0 Å². The lowest BCUT2D eigenvalue weighted by Crippen LogP contribution is -1.86. The Bertz CT molecular complexity index is 253. The van der Waals surface area contributed by atoms with Gasteiger partial charge in [-0.05, 0) is 19.8 Å². The summed E-state index contributed by atoms with van der Waals surface area (Å²) in [5.74, 6) is 1.91. The van der Waals surface area contributed by atoms with Gasteiger partial charge in [0, 0.05) is 6.42 Å². The van der Waals surface area contributed by atoms with Gasteiger partial charge < -0.3 is 4.42 Å². The third-order valence-corrected chi connectivity index (χ3v) is 2.27. The predicted octanol–water partition coefficient (Wildman–Crippen LogP) is 3.28. The molecule has 74 valence electrons. The van der Waals surface area contributed by atoms with Gasteiger partial charge in [-0.1, -0.05) is 26.7 Å². The Kier molecular flexibility index (Phi) is 4.00. The van der Waals surface area contributed by atoms with Crippen molar-refractivity contribution in [3.05, 3.63) is 17.3 Å². The molecule has 0 fully saturated rings.